The van der Waals surface area contributed by atoms with E-state index in [0.717, 1.165) is 12.8 Å². The average Bonchev–Trinajstić information content (AvgIpc) is 2.89. The first-order valence-electron chi connectivity index (χ1n) is 13.6. The molecule has 0 aliphatic carbocycles. The number of ether oxygens (including phenoxy) is 5. The van der Waals surface area contributed by atoms with Gasteiger partial charge >= 0.3 is 5.97 Å². The van der Waals surface area contributed by atoms with E-state index in [2.05, 4.69) is 6.92 Å². The Balaban J connectivity index is 1.46. The number of hydrogen-bond acceptors (Lipinski definition) is 8. The second kappa shape index (κ2) is 13.2. The van der Waals surface area contributed by atoms with Crippen LogP contribution >= 0.6 is 0 Å². The molecule has 2 aromatic carbocycles. The van der Waals surface area contributed by atoms with Crippen molar-refractivity contribution in [1.29, 1.82) is 0 Å². The fourth-order valence-electron chi connectivity index (χ4n) is 5.02. The van der Waals surface area contributed by atoms with Gasteiger partial charge in [-0.15, -0.1) is 0 Å². The lowest BCUT2D eigenvalue weighted by molar-refractivity contribution is -0.181. The largest absolute Gasteiger partial charge is 0.478 e. The van der Waals surface area contributed by atoms with Crippen LogP contribution in [-0.4, -0.2) is 43.7 Å². The summed E-state index contributed by atoms with van der Waals surface area (Å²) in [5.74, 6) is -1.35. The highest BCUT2D eigenvalue weighted by atomic mass is 16.8. The molecule has 0 spiro atoms. The Morgan fingerprint density at radius 3 is 2.33 bits per heavy atom. The molecule has 2 aliphatic heterocycles. The summed E-state index contributed by atoms with van der Waals surface area (Å²) in [7, 11) is 1.46. The number of aldehydes is 1. The van der Waals surface area contributed by atoms with Crippen LogP contribution in [0.5, 0.6) is 11.5 Å². The first-order valence-corrected chi connectivity index (χ1v) is 13.6. The Labute approximate surface area is 228 Å². The molecule has 0 radical (unpaired) electrons. The molecule has 9 nitrogen and oxygen atoms in total. The van der Waals surface area contributed by atoms with Crippen LogP contribution in [0, 0.1) is 6.92 Å². The van der Waals surface area contributed by atoms with E-state index in [-0.39, 0.29) is 34.8 Å². The molecule has 2 heterocycles. The number of carboxylic acid groups (broad SMARTS) is 1. The van der Waals surface area contributed by atoms with E-state index >= 15 is 0 Å². The normalized spacial score (nSPS) is 16.7. The second-order valence-corrected chi connectivity index (χ2v) is 9.86. The van der Waals surface area contributed by atoms with Gasteiger partial charge in [0, 0.05) is 19.3 Å². The summed E-state index contributed by atoms with van der Waals surface area (Å²) in [4.78, 5) is 37.9. The molecule has 210 valence electrons. The Hall–Kier alpha value is -3.27. The van der Waals surface area contributed by atoms with Gasteiger partial charge in [0.1, 0.15) is 11.5 Å². The van der Waals surface area contributed by atoms with Gasteiger partial charge in [0.15, 0.2) is 18.9 Å². The minimum Gasteiger partial charge on any atom is -0.478 e. The number of benzene rings is 2. The average molecular weight is 541 g/mol. The van der Waals surface area contributed by atoms with E-state index in [0.29, 0.717) is 35.3 Å². The van der Waals surface area contributed by atoms with E-state index in [4.69, 9.17) is 23.7 Å². The van der Waals surface area contributed by atoms with Gasteiger partial charge in [0.2, 0.25) is 12.6 Å². The van der Waals surface area contributed by atoms with Gasteiger partial charge in [-0.1, -0.05) is 57.9 Å². The predicted octanol–water partition coefficient (Wildman–Crippen LogP) is 6.30. The van der Waals surface area contributed by atoms with Gasteiger partial charge in [-0.25, -0.2) is 4.79 Å². The number of aryl methyl sites for hydroxylation is 1. The van der Waals surface area contributed by atoms with E-state index in [1.54, 1.807) is 13.0 Å². The molecular formula is C30H36O9. The van der Waals surface area contributed by atoms with E-state index in [1.165, 1.54) is 57.8 Å². The summed E-state index contributed by atoms with van der Waals surface area (Å²) in [6.45, 7) is 4.38. The van der Waals surface area contributed by atoms with Crippen LogP contribution in [0.15, 0.2) is 18.2 Å². The molecule has 0 saturated heterocycles. The van der Waals surface area contributed by atoms with Crippen LogP contribution in [-0.2, 0) is 14.2 Å². The molecule has 1 N–H and O–H groups in total. The van der Waals surface area contributed by atoms with Gasteiger partial charge in [-0.3, -0.25) is 9.59 Å². The minimum absolute atomic E-state index is 0.0130. The summed E-state index contributed by atoms with van der Waals surface area (Å²) in [6, 6.07) is 4.54. The molecule has 39 heavy (non-hydrogen) atoms. The number of methoxy groups -OCH3 is 1. The maximum Gasteiger partial charge on any atom is 0.336 e. The van der Waals surface area contributed by atoms with Gasteiger partial charge in [-0.2, -0.15) is 0 Å². The maximum atomic E-state index is 13.9. The zero-order valence-corrected chi connectivity index (χ0v) is 22.7. The molecule has 2 aromatic rings. The van der Waals surface area contributed by atoms with Gasteiger partial charge in [-0.05, 0) is 31.0 Å². The highest BCUT2D eigenvalue weighted by Crippen LogP contribution is 2.49. The molecule has 9 heteroatoms. The van der Waals surface area contributed by atoms with Crippen molar-refractivity contribution >= 4 is 18.0 Å². The van der Waals surface area contributed by atoms with Crippen LogP contribution in [0.25, 0.3) is 0 Å². The Bertz CT molecular complexity index is 1220. The van der Waals surface area contributed by atoms with Crippen LogP contribution in [0.1, 0.15) is 124 Å². The SMILES string of the molecule is CCCCCCCCCCOCOC1Oc2c(C)cc(C(=O)O)c(C(=O)c3c(C=O)ccc4c3OC4OC)c21. The number of aromatic carboxylic acids is 1. The topological polar surface area (TPSA) is 118 Å². The minimum atomic E-state index is -1.28. The monoisotopic (exact) mass is 540 g/mol. The highest BCUT2D eigenvalue weighted by molar-refractivity contribution is 6.20. The smallest absolute Gasteiger partial charge is 0.336 e. The molecule has 0 fully saturated rings. The first kappa shape index (κ1) is 28.7. The number of carboxylic acids is 1. The standard InChI is InChI=1S/C30H36O9/c1-4-5-6-7-8-9-10-11-14-36-17-37-30-24-23(21(28(33)34)15-18(2)26(24)38-30)25(32)22-19(16-31)12-13-20-27(22)39-29(20)35-3/h12-13,15-16,29-30H,4-11,14,17H2,1-3H3,(H,33,34). The maximum absolute atomic E-state index is 13.9. The summed E-state index contributed by atoms with van der Waals surface area (Å²) in [6.07, 6.45) is 8.42. The molecule has 0 amide bonds. The molecule has 0 aromatic heterocycles. The Morgan fingerprint density at radius 1 is 0.974 bits per heavy atom. The summed E-state index contributed by atoms with van der Waals surface area (Å²) < 4.78 is 27.9. The summed E-state index contributed by atoms with van der Waals surface area (Å²) >= 11 is 0. The third-order valence-corrected chi connectivity index (χ3v) is 7.13. The van der Waals surface area contributed by atoms with Crippen molar-refractivity contribution < 1.29 is 43.2 Å². The van der Waals surface area contributed by atoms with Gasteiger partial charge in [0.05, 0.1) is 27.8 Å². The van der Waals surface area contributed by atoms with Crippen LogP contribution in [0.2, 0.25) is 0 Å². The second-order valence-electron chi connectivity index (χ2n) is 9.86. The molecule has 2 aliphatic rings. The van der Waals surface area contributed by atoms with Crippen molar-refractivity contribution in [1.82, 2.24) is 0 Å². The summed E-state index contributed by atoms with van der Waals surface area (Å²) in [5, 5.41) is 9.95. The third kappa shape index (κ3) is 6.00. The van der Waals surface area contributed by atoms with Crippen molar-refractivity contribution in [2.45, 2.75) is 77.8 Å². The number of carbonyl (C=O) groups excluding carboxylic acids is 2. The van der Waals surface area contributed by atoms with Crippen molar-refractivity contribution in [3.05, 3.63) is 57.1 Å². The van der Waals surface area contributed by atoms with E-state index in [9.17, 15) is 19.5 Å². The van der Waals surface area contributed by atoms with Crippen LogP contribution in [0.4, 0.5) is 0 Å². The van der Waals surface area contributed by atoms with Crippen molar-refractivity contribution in [2.24, 2.45) is 0 Å². The van der Waals surface area contributed by atoms with E-state index < -0.39 is 24.3 Å². The Morgan fingerprint density at radius 2 is 1.67 bits per heavy atom. The summed E-state index contributed by atoms with van der Waals surface area (Å²) in [5.41, 5.74) is 1.27. The number of carbonyl (C=O) groups is 3. The first-order chi connectivity index (χ1) is 18.9. The van der Waals surface area contributed by atoms with Crippen molar-refractivity contribution in [3.63, 3.8) is 0 Å². The predicted molar refractivity (Wildman–Crippen MR) is 142 cm³/mol. The van der Waals surface area contributed by atoms with Crippen LogP contribution < -0.4 is 9.47 Å². The zero-order chi connectivity index (χ0) is 27.9. The van der Waals surface area contributed by atoms with Crippen molar-refractivity contribution in [2.75, 3.05) is 20.5 Å². The quantitative estimate of drug-likeness (QED) is 0.107. The van der Waals surface area contributed by atoms with Gasteiger partial charge in [0.25, 0.3) is 0 Å². The molecular weight excluding hydrogens is 504 g/mol. The van der Waals surface area contributed by atoms with E-state index in [1.807, 2.05) is 0 Å². The third-order valence-electron chi connectivity index (χ3n) is 7.13. The molecule has 2 unspecified atom stereocenters. The highest BCUT2D eigenvalue weighted by Gasteiger charge is 2.42. The fourth-order valence-corrected chi connectivity index (χ4v) is 5.02. The molecule has 4 rings (SSSR count). The van der Waals surface area contributed by atoms with Gasteiger partial charge < -0.3 is 28.8 Å². The molecule has 2 atom stereocenters. The lowest BCUT2D eigenvalue weighted by Crippen LogP contribution is -2.31. The number of ketones is 1. The zero-order valence-electron chi connectivity index (χ0n) is 22.7. The lowest BCUT2D eigenvalue weighted by Gasteiger charge is -2.35. The number of rotatable bonds is 17. The van der Waals surface area contributed by atoms with Crippen molar-refractivity contribution in [3.8, 4) is 11.5 Å². The number of hydrogen-bond donors (Lipinski definition) is 1. The lowest BCUT2D eigenvalue weighted by atomic mass is 9.85. The molecule has 0 saturated carbocycles. The number of unbranched alkanes of at least 4 members (excludes halogenated alkanes) is 7. The fraction of sp³-hybridized carbons (Fsp3) is 0.500. The Kier molecular flexibility index (Phi) is 9.72. The number of fused-ring (bicyclic) bond motifs is 2. The van der Waals surface area contributed by atoms with Crippen LogP contribution in [0.3, 0.4) is 0 Å². The molecule has 0 bridgehead atoms.